The van der Waals surface area contributed by atoms with Crippen molar-refractivity contribution < 1.29 is 9.53 Å². The number of carbonyl (C=O) groups is 1. The molecule has 0 N–H and O–H groups in total. The molecule has 0 aromatic heterocycles. The van der Waals surface area contributed by atoms with Gasteiger partial charge in [-0.1, -0.05) is 18.6 Å². The number of piperidine rings is 1. The summed E-state index contributed by atoms with van der Waals surface area (Å²) < 4.78 is 5.42. The highest BCUT2D eigenvalue weighted by atomic mass is 16.6. The molecule has 2 rings (SSSR count). The van der Waals surface area contributed by atoms with Gasteiger partial charge in [0.1, 0.15) is 5.60 Å². The van der Waals surface area contributed by atoms with Gasteiger partial charge >= 0.3 is 6.09 Å². The SMILES string of the molecule is C=C1CN(C(=O)OC(C)(C)C)C[C@@H]2CCC[C@H]12. The Hall–Kier alpha value is -0.990. The summed E-state index contributed by atoms with van der Waals surface area (Å²) in [5.41, 5.74) is 0.801. The van der Waals surface area contributed by atoms with E-state index in [-0.39, 0.29) is 6.09 Å². The van der Waals surface area contributed by atoms with Gasteiger partial charge < -0.3 is 9.64 Å². The lowest BCUT2D eigenvalue weighted by atomic mass is 9.85. The number of carbonyl (C=O) groups excluding carboxylic acids is 1. The molecule has 0 aromatic rings. The summed E-state index contributed by atoms with van der Waals surface area (Å²) in [7, 11) is 0. The van der Waals surface area contributed by atoms with Crippen LogP contribution in [-0.2, 0) is 4.74 Å². The molecular formula is C14H23NO2. The van der Waals surface area contributed by atoms with Crippen LogP contribution in [0, 0.1) is 11.8 Å². The first kappa shape index (κ1) is 12.5. The van der Waals surface area contributed by atoms with Crippen molar-refractivity contribution in [2.75, 3.05) is 13.1 Å². The van der Waals surface area contributed by atoms with Gasteiger partial charge in [0.2, 0.25) is 0 Å². The quantitative estimate of drug-likeness (QED) is 0.605. The minimum Gasteiger partial charge on any atom is -0.444 e. The lowest BCUT2D eigenvalue weighted by Crippen LogP contribution is -2.45. The van der Waals surface area contributed by atoms with E-state index in [9.17, 15) is 4.79 Å². The molecule has 2 fully saturated rings. The van der Waals surface area contributed by atoms with E-state index in [2.05, 4.69) is 6.58 Å². The van der Waals surface area contributed by atoms with Crippen molar-refractivity contribution in [3.05, 3.63) is 12.2 Å². The average Bonchev–Trinajstić information content (AvgIpc) is 2.63. The third kappa shape index (κ3) is 2.82. The van der Waals surface area contributed by atoms with Crippen molar-refractivity contribution in [3.63, 3.8) is 0 Å². The van der Waals surface area contributed by atoms with Crippen LogP contribution in [0.1, 0.15) is 40.0 Å². The zero-order chi connectivity index (χ0) is 12.6. The smallest absolute Gasteiger partial charge is 0.410 e. The van der Waals surface area contributed by atoms with Crippen molar-refractivity contribution >= 4 is 6.09 Å². The molecule has 0 unspecified atom stereocenters. The Balaban J connectivity index is 1.99. The van der Waals surface area contributed by atoms with Crippen LogP contribution in [-0.4, -0.2) is 29.7 Å². The second-order valence-electron chi connectivity index (χ2n) is 6.32. The number of hydrogen-bond acceptors (Lipinski definition) is 2. The monoisotopic (exact) mass is 237 g/mol. The van der Waals surface area contributed by atoms with Crippen LogP contribution in [0.25, 0.3) is 0 Å². The van der Waals surface area contributed by atoms with Gasteiger partial charge in [-0.3, -0.25) is 0 Å². The molecule has 1 saturated heterocycles. The summed E-state index contributed by atoms with van der Waals surface area (Å²) in [5.74, 6) is 1.26. The molecule has 2 atom stereocenters. The van der Waals surface area contributed by atoms with E-state index in [1.165, 1.54) is 24.8 Å². The summed E-state index contributed by atoms with van der Waals surface area (Å²) in [5, 5.41) is 0. The largest absolute Gasteiger partial charge is 0.444 e. The minimum atomic E-state index is -0.412. The van der Waals surface area contributed by atoms with Crippen LogP contribution in [0.4, 0.5) is 4.79 Å². The van der Waals surface area contributed by atoms with E-state index in [4.69, 9.17) is 4.74 Å². The average molecular weight is 237 g/mol. The van der Waals surface area contributed by atoms with Crippen LogP contribution in [0.5, 0.6) is 0 Å². The fraction of sp³-hybridized carbons (Fsp3) is 0.786. The van der Waals surface area contributed by atoms with E-state index < -0.39 is 5.60 Å². The maximum atomic E-state index is 12.0. The zero-order valence-electron chi connectivity index (χ0n) is 11.2. The van der Waals surface area contributed by atoms with Gasteiger partial charge in [0, 0.05) is 13.1 Å². The molecule has 1 amide bonds. The number of hydrogen-bond donors (Lipinski definition) is 0. The molecular weight excluding hydrogens is 214 g/mol. The first-order valence-electron chi connectivity index (χ1n) is 6.52. The first-order chi connectivity index (χ1) is 7.87. The van der Waals surface area contributed by atoms with Gasteiger partial charge in [-0.05, 0) is 45.4 Å². The Morgan fingerprint density at radius 3 is 2.76 bits per heavy atom. The van der Waals surface area contributed by atoms with Crippen LogP contribution < -0.4 is 0 Å². The summed E-state index contributed by atoms with van der Waals surface area (Å²) in [6, 6.07) is 0. The highest BCUT2D eigenvalue weighted by molar-refractivity contribution is 5.68. The van der Waals surface area contributed by atoms with Crippen molar-refractivity contribution in [2.24, 2.45) is 11.8 Å². The van der Waals surface area contributed by atoms with E-state index in [1.54, 1.807) is 0 Å². The lowest BCUT2D eigenvalue weighted by molar-refractivity contribution is 0.0189. The Morgan fingerprint density at radius 1 is 1.41 bits per heavy atom. The van der Waals surface area contributed by atoms with Crippen molar-refractivity contribution in [1.82, 2.24) is 4.90 Å². The Labute approximate surface area is 104 Å². The second kappa shape index (κ2) is 4.35. The number of likely N-dealkylation sites (tertiary alicyclic amines) is 1. The number of ether oxygens (including phenoxy) is 1. The fourth-order valence-corrected chi connectivity index (χ4v) is 2.97. The second-order valence-corrected chi connectivity index (χ2v) is 6.32. The molecule has 1 heterocycles. The van der Waals surface area contributed by atoms with Gasteiger partial charge in [-0.15, -0.1) is 0 Å². The van der Waals surface area contributed by atoms with E-state index >= 15 is 0 Å². The van der Waals surface area contributed by atoms with E-state index in [0.29, 0.717) is 18.4 Å². The van der Waals surface area contributed by atoms with Crippen molar-refractivity contribution in [1.29, 1.82) is 0 Å². The molecule has 0 bridgehead atoms. The molecule has 17 heavy (non-hydrogen) atoms. The number of rotatable bonds is 0. The zero-order valence-corrected chi connectivity index (χ0v) is 11.2. The molecule has 0 radical (unpaired) electrons. The third-order valence-electron chi connectivity index (χ3n) is 3.68. The van der Waals surface area contributed by atoms with Gasteiger partial charge in [-0.2, -0.15) is 0 Å². The normalized spacial score (nSPS) is 29.1. The Kier molecular flexibility index (Phi) is 3.19. The summed E-state index contributed by atoms with van der Waals surface area (Å²) in [4.78, 5) is 13.8. The first-order valence-corrected chi connectivity index (χ1v) is 6.52. The summed E-state index contributed by atoms with van der Waals surface area (Å²) >= 11 is 0. The van der Waals surface area contributed by atoms with Crippen LogP contribution in [0.3, 0.4) is 0 Å². The van der Waals surface area contributed by atoms with E-state index in [1.807, 2.05) is 25.7 Å². The van der Waals surface area contributed by atoms with Gasteiger partial charge in [0.25, 0.3) is 0 Å². The molecule has 0 spiro atoms. The van der Waals surface area contributed by atoms with Gasteiger partial charge in [0.15, 0.2) is 0 Å². The topological polar surface area (TPSA) is 29.5 Å². The number of nitrogens with zero attached hydrogens (tertiary/aromatic N) is 1. The standard InChI is InChI=1S/C14H23NO2/c1-10-8-15(13(16)17-14(2,3)4)9-11-6-5-7-12(10)11/h11-12H,1,5-9H2,2-4H3/t11-,12+/m0/s1. The lowest BCUT2D eigenvalue weighted by Gasteiger charge is -2.37. The summed E-state index contributed by atoms with van der Waals surface area (Å²) in [6.45, 7) is 11.4. The molecule has 2 aliphatic rings. The van der Waals surface area contributed by atoms with Gasteiger partial charge in [0.05, 0.1) is 0 Å². The molecule has 1 saturated carbocycles. The van der Waals surface area contributed by atoms with Crippen LogP contribution in [0.2, 0.25) is 0 Å². The highest BCUT2D eigenvalue weighted by Gasteiger charge is 2.37. The predicted molar refractivity (Wildman–Crippen MR) is 67.8 cm³/mol. The van der Waals surface area contributed by atoms with Gasteiger partial charge in [-0.25, -0.2) is 4.79 Å². The van der Waals surface area contributed by atoms with Crippen molar-refractivity contribution in [3.8, 4) is 0 Å². The highest BCUT2D eigenvalue weighted by Crippen LogP contribution is 2.40. The number of fused-ring (bicyclic) bond motifs is 1. The third-order valence-corrected chi connectivity index (χ3v) is 3.68. The van der Waals surface area contributed by atoms with E-state index in [0.717, 1.165) is 6.54 Å². The molecule has 1 aliphatic carbocycles. The Morgan fingerprint density at radius 2 is 2.12 bits per heavy atom. The molecule has 1 aliphatic heterocycles. The predicted octanol–water partition coefficient (Wildman–Crippen LogP) is 3.21. The fourth-order valence-electron chi connectivity index (χ4n) is 2.97. The number of amides is 1. The van der Waals surface area contributed by atoms with Crippen LogP contribution in [0.15, 0.2) is 12.2 Å². The molecule has 96 valence electrons. The summed E-state index contributed by atoms with van der Waals surface area (Å²) in [6.07, 6.45) is 3.56. The minimum absolute atomic E-state index is 0.191. The van der Waals surface area contributed by atoms with Crippen LogP contribution >= 0.6 is 0 Å². The molecule has 3 heteroatoms. The Bertz CT molecular complexity index is 330. The molecule has 0 aromatic carbocycles. The van der Waals surface area contributed by atoms with Crippen molar-refractivity contribution in [2.45, 2.75) is 45.6 Å². The molecule has 3 nitrogen and oxygen atoms in total. The maximum absolute atomic E-state index is 12.0. The maximum Gasteiger partial charge on any atom is 0.410 e.